The number of thioether (sulfide) groups is 1. The first-order valence-corrected chi connectivity index (χ1v) is 7.67. The number of nitrogens with zero attached hydrogens (tertiary/aromatic N) is 1. The molecule has 0 fully saturated rings. The Hall–Kier alpha value is -1.04. The topological polar surface area (TPSA) is 48.1 Å². The summed E-state index contributed by atoms with van der Waals surface area (Å²) < 4.78 is 6.74. The van der Waals surface area contributed by atoms with Gasteiger partial charge in [-0.1, -0.05) is 30.0 Å². The summed E-state index contributed by atoms with van der Waals surface area (Å²) in [5, 5.41) is 1.15. The zero-order valence-electron chi connectivity index (χ0n) is 10.1. The highest BCUT2D eigenvalue weighted by Crippen LogP contribution is 2.37. The molecule has 3 nitrogen and oxygen atoms in total. The quantitative estimate of drug-likeness (QED) is 0.913. The van der Waals surface area contributed by atoms with Crippen molar-refractivity contribution in [1.29, 1.82) is 0 Å². The minimum absolute atomic E-state index is 0.0274. The van der Waals surface area contributed by atoms with Gasteiger partial charge in [0.2, 0.25) is 0 Å². The Kier molecular flexibility index (Phi) is 3.77. The first-order valence-electron chi connectivity index (χ1n) is 5.99. The maximum atomic E-state index is 6.33. The Balaban J connectivity index is 1.79. The third-order valence-corrected chi connectivity index (χ3v) is 4.74. The predicted molar refractivity (Wildman–Crippen MR) is 80.4 cm³/mol. The molecule has 98 valence electrons. The smallest absolute Gasteiger partial charge is 0.124 e. The van der Waals surface area contributed by atoms with E-state index in [4.69, 9.17) is 10.5 Å². The number of hydrogen-bond donors (Lipinski definition) is 1. The molecule has 5 heteroatoms. The number of ether oxygens (including phenoxy) is 1. The summed E-state index contributed by atoms with van der Waals surface area (Å²) in [5.41, 5.74) is 7.40. The molecule has 0 saturated carbocycles. The van der Waals surface area contributed by atoms with Crippen molar-refractivity contribution < 1.29 is 4.74 Å². The van der Waals surface area contributed by atoms with Crippen LogP contribution in [0.15, 0.2) is 52.1 Å². The molecule has 2 heterocycles. The van der Waals surface area contributed by atoms with Crippen LogP contribution in [-0.4, -0.2) is 16.8 Å². The summed E-state index contributed by atoms with van der Waals surface area (Å²) in [7, 11) is 0. The highest BCUT2D eigenvalue weighted by molar-refractivity contribution is 9.10. The van der Waals surface area contributed by atoms with Crippen LogP contribution in [0.1, 0.15) is 11.6 Å². The zero-order valence-corrected chi connectivity index (χ0v) is 12.5. The minimum Gasteiger partial charge on any atom is -0.492 e. The van der Waals surface area contributed by atoms with Gasteiger partial charge in [-0.25, -0.2) is 4.98 Å². The van der Waals surface area contributed by atoms with Gasteiger partial charge in [0.05, 0.1) is 10.3 Å². The van der Waals surface area contributed by atoms with Crippen LogP contribution in [-0.2, 0) is 0 Å². The summed E-state index contributed by atoms with van der Waals surface area (Å²) in [6.07, 6.45) is 1.80. The van der Waals surface area contributed by atoms with Gasteiger partial charge in [-0.2, -0.15) is 0 Å². The van der Waals surface area contributed by atoms with Crippen LogP contribution in [0.5, 0.6) is 5.75 Å². The van der Waals surface area contributed by atoms with Crippen molar-refractivity contribution in [1.82, 2.24) is 4.98 Å². The van der Waals surface area contributed by atoms with Crippen LogP contribution >= 0.6 is 27.7 Å². The molecule has 1 aliphatic heterocycles. The van der Waals surface area contributed by atoms with Crippen molar-refractivity contribution in [3.63, 3.8) is 0 Å². The SMILES string of the molecule is NC1c2ccccc2OCC1Sc1ccc(Br)cn1. The second-order valence-corrected chi connectivity index (χ2v) is 6.52. The molecular weight excluding hydrogens is 324 g/mol. The van der Waals surface area contributed by atoms with Gasteiger partial charge in [0, 0.05) is 22.3 Å². The molecule has 2 atom stereocenters. The zero-order chi connectivity index (χ0) is 13.2. The van der Waals surface area contributed by atoms with Crippen molar-refractivity contribution in [2.75, 3.05) is 6.61 Å². The van der Waals surface area contributed by atoms with Crippen LogP contribution in [0.25, 0.3) is 0 Å². The first-order chi connectivity index (χ1) is 9.24. The molecule has 0 spiro atoms. The highest BCUT2D eigenvalue weighted by Gasteiger charge is 2.28. The van der Waals surface area contributed by atoms with Crippen LogP contribution in [0, 0.1) is 0 Å². The molecule has 2 N–H and O–H groups in total. The Labute approximate surface area is 124 Å². The maximum absolute atomic E-state index is 6.33. The summed E-state index contributed by atoms with van der Waals surface area (Å²) in [4.78, 5) is 4.37. The average molecular weight is 337 g/mol. The molecule has 2 unspecified atom stereocenters. The van der Waals surface area contributed by atoms with Gasteiger partial charge in [0.15, 0.2) is 0 Å². The number of para-hydroxylation sites is 1. The monoisotopic (exact) mass is 336 g/mol. The lowest BCUT2D eigenvalue weighted by Crippen LogP contribution is -2.33. The molecule has 0 amide bonds. The number of nitrogens with two attached hydrogens (primary N) is 1. The van der Waals surface area contributed by atoms with Gasteiger partial charge in [-0.3, -0.25) is 0 Å². The highest BCUT2D eigenvalue weighted by atomic mass is 79.9. The third kappa shape index (κ3) is 2.78. The van der Waals surface area contributed by atoms with Crippen LogP contribution in [0.3, 0.4) is 0 Å². The number of aromatic nitrogens is 1. The molecule has 0 aliphatic carbocycles. The standard InChI is InChI=1S/C14H13BrN2OS/c15-9-5-6-13(17-7-9)19-12-8-18-11-4-2-1-3-10(11)14(12)16/h1-7,12,14H,8,16H2. The van der Waals surface area contributed by atoms with E-state index in [1.807, 2.05) is 36.4 Å². The van der Waals surface area contributed by atoms with E-state index in [1.54, 1.807) is 18.0 Å². The van der Waals surface area contributed by atoms with Gasteiger partial charge in [0.25, 0.3) is 0 Å². The number of rotatable bonds is 2. The molecule has 1 aliphatic rings. The lowest BCUT2D eigenvalue weighted by molar-refractivity contribution is 0.276. The molecule has 0 saturated heterocycles. The van der Waals surface area contributed by atoms with E-state index in [-0.39, 0.29) is 11.3 Å². The Morgan fingerprint density at radius 2 is 2.11 bits per heavy atom. The fraction of sp³-hybridized carbons (Fsp3) is 0.214. The van der Waals surface area contributed by atoms with E-state index in [0.29, 0.717) is 6.61 Å². The molecule has 0 bridgehead atoms. The lowest BCUT2D eigenvalue weighted by Gasteiger charge is -2.30. The van der Waals surface area contributed by atoms with Gasteiger partial charge in [-0.05, 0) is 34.1 Å². The number of pyridine rings is 1. The molecular formula is C14H13BrN2OS. The van der Waals surface area contributed by atoms with Gasteiger partial charge in [-0.15, -0.1) is 0 Å². The maximum Gasteiger partial charge on any atom is 0.124 e. The van der Waals surface area contributed by atoms with Crippen LogP contribution < -0.4 is 10.5 Å². The van der Waals surface area contributed by atoms with Crippen LogP contribution in [0.2, 0.25) is 0 Å². The second-order valence-electron chi connectivity index (χ2n) is 4.35. The number of hydrogen-bond acceptors (Lipinski definition) is 4. The second kappa shape index (κ2) is 5.53. The average Bonchev–Trinajstić information content (AvgIpc) is 2.45. The fourth-order valence-electron chi connectivity index (χ4n) is 2.06. The normalized spacial score (nSPS) is 21.6. The van der Waals surface area contributed by atoms with Crippen molar-refractivity contribution >= 4 is 27.7 Å². The number of halogens is 1. The van der Waals surface area contributed by atoms with Crippen molar-refractivity contribution in [2.45, 2.75) is 16.3 Å². The van der Waals surface area contributed by atoms with Gasteiger partial charge >= 0.3 is 0 Å². The van der Waals surface area contributed by atoms with Gasteiger partial charge in [0.1, 0.15) is 12.4 Å². The predicted octanol–water partition coefficient (Wildman–Crippen LogP) is 3.40. The van der Waals surface area contributed by atoms with Crippen molar-refractivity contribution in [3.05, 3.63) is 52.6 Å². The van der Waals surface area contributed by atoms with E-state index < -0.39 is 0 Å². The van der Waals surface area contributed by atoms with E-state index in [2.05, 4.69) is 20.9 Å². The molecule has 3 rings (SSSR count). The van der Waals surface area contributed by atoms with E-state index in [0.717, 1.165) is 20.8 Å². The fourth-order valence-corrected chi connectivity index (χ4v) is 3.29. The van der Waals surface area contributed by atoms with Gasteiger partial charge < -0.3 is 10.5 Å². The number of fused-ring (bicyclic) bond motifs is 1. The number of benzene rings is 1. The Bertz CT molecular complexity index is 576. The molecule has 19 heavy (non-hydrogen) atoms. The van der Waals surface area contributed by atoms with Crippen molar-refractivity contribution in [2.24, 2.45) is 5.73 Å². The molecule has 1 aromatic carbocycles. The summed E-state index contributed by atoms with van der Waals surface area (Å²) in [6, 6.07) is 11.9. The molecule has 1 aromatic heterocycles. The Morgan fingerprint density at radius 1 is 1.26 bits per heavy atom. The summed E-state index contributed by atoms with van der Waals surface area (Å²) >= 11 is 5.05. The lowest BCUT2D eigenvalue weighted by atomic mass is 10.0. The van der Waals surface area contributed by atoms with E-state index >= 15 is 0 Å². The van der Waals surface area contributed by atoms with Crippen LogP contribution in [0.4, 0.5) is 0 Å². The minimum atomic E-state index is -0.0274. The Morgan fingerprint density at radius 3 is 2.89 bits per heavy atom. The summed E-state index contributed by atoms with van der Waals surface area (Å²) in [5.74, 6) is 0.899. The first kappa shape index (κ1) is 13.0. The summed E-state index contributed by atoms with van der Waals surface area (Å²) in [6.45, 7) is 0.612. The van der Waals surface area contributed by atoms with E-state index in [9.17, 15) is 0 Å². The van der Waals surface area contributed by atoms with E-state index in [1.165, 1.54) is 0 Å². The largest absolute Gasteiger partial charge is 0.492 e. The molecule has 0 radical (unpaired) electrons. The molecule has 2 aromatic rings. The third-order valence-electron chi connectivity index (χ3n) is 3.05. The van der Waals surface area contributed by atoms with Crippen molar-refractivity contribution in [3.8, 4) is 5.75 Å².